The van der Waals surface area contributed by atoms with Gasteiger partial charge in [0.05, 0.1) is 24.9 Å². The molecule has 2 aromatic rings. The van der Waals surface area contributed by atoms with Crippen LogP contribution in [0.3, 0.4) is 0 Å². The third-order valence-electron chi connectivity index (χ3n) is 6.30. The molecule has 28 heavy (non-hydrogen) atoms. The van der Waals surface area contributed by atoms with Gasteiger partial charge in [0.15, 0.2) is 0 Å². The molecule has 6 nitrogen and oxygen atoms in total. The normalized spacial score (nSPS) is 22.0. The van der Waals surface area contributed by atoms with Crippen molar-refractivity contribution in [2.45, 2.75) is 38.6 Å². The summed E-state index contributed by atoms with van der Waals surface area (Å²) in [6.07, 6.45) is 4.95. The van der Waals surface area contributed by atoms with Crippen LogP contribution in [-0.4, -0.2) is 67.9 Å². The van der Waals surface area contributed by atoms with Gasteiger partial charge >= 0.3 is 0 Å². The number of likely N-dealkylation sites (tertiary alicyclic amines) is 1. The molecule has 2 aliphatic heterocycles. The molecule has 2 saturated heterocycles. The van der Waals surface area contributed by atoms with Crippen molar-refractivity contribution in [3.63, 3.8) is 0 Å². The summed E-state index contributed by atoms with van der Waals surface area (Å²) in [5.41, 5.74) is 1.99. The quantitative estimate of drug-likeness (QED) is 0.789. The second-order valence-corrected chi connectivity index (χ2v) is 8.17. The van der Waals surface area contributed by atoms with Crippen LogP contribution in [-0.2, 0) is 4.74 Å². The number of ether oxygens (including phenoxy) is 2. The zero-order valence-corrected chi connectivity index (χ0v) is 17.4. The van der Waals surface area contributed by atoms with E-state index in [-0.39, 0.29) is 0 Å². The van der Waals surface area contributed by atoms with Gasteiger partial charge in [-0.3, -0.25) is 4.90 Å². The topological polar surface area (TPSA) is 50.7 Å². The van der Waals surface area contributed by atoms with Crippen LogP contribution in [0.5, 0.6) is 5.75 Å². The predicted octanol–water partition coefficient (Wildman–Crippen LogP) is 3.27. The predicted molar refractivity (Wildman–Crippen MR) is 112 cm³/mol. The standard InChI is InChI=1S/C22H32N4O2/c1-16-20-7-6-19(28-3)13-21(20)24-22(23-16)25-11-8-18(9-12-25)26-10-4-5-17(14-26)15-27-2/h6-7,13,17-18H,4-5,8-12,14-15H2,1-3H3. The lowest BCUT2D eigenvalue weighted by Gasteiger charge is -2.42. The fourth-order valence-corrected chi connectivity index (χ4v) is 4.75. The number of fused-ring (bicyclic) bond motifs is 1. The Morgan fingerprint density at radius 1 is 1.07 bits per heavy atom. The SMILES string of the molecule is COCC1CCCN(C2CCN(c3nc(C)c4ccc(OC)cc4n3)CC2)C1. The Hall–Kier alpha value is -1.92. The smallest absolute Gasteiger partial charge is 0.226 e. The summed E-state index contributed by atoms with van der Waals surface area (Å²) < 4.78 is 10.8. The van der Waals surface area contributed by atoms with Gasteiger partial charge in [-0.1, -0.05) is 0 Å². The molecular formula is C22H32N4O2. The number of methoxy groups -OCH3 is 2. The van der Waals surface area contributed by atoms with Crippen molar-refractivity contribution in [1.82, 2.24) is 14.9 Å². The molecule has 2 fully saturated rings. The van der Waals surface area contributed by atoms with E-state index in [0.717, 1.165) is 48.0 Å². The van der Waals surface area contributed by atoms with E-state index >= 15 is 0 Å². The van der Waals surface area contributed by atoms with Crippen molar-refractivity contribution in [3.8, 4) is 5.75 Å². The molecule has 0 aliphatic carbocycles. The van der Waals surface area contributed by atoms with Gasteiger partial charge in [-0.15, -0.1) is 0 Å². The Bertz CT molecular complexity index is 802. The molecule has 0 bridgehead atoms. The summed E-state index contributed by atoms with van der Waals surface area (Å²) in [6.45, 7) is 7.41. The van der Waals surface area contributed by atoms with Gasteiger partial charge in [-0.05, 0) is 57.2 Å². The molecule has 6 heteroatoms. The molecule has 1 aromatic carbocycles. The second kappa shape index (κ2) is 8.62. The van der Waals surface area contributed by atoms with E-state index in [1.807, 2.05) is 25.3 Å². The van der Waals surface area contributed by atoms with Crippen LogP contribution in [0.15, 0.2) is 18.2 Å². The summed E-state index contributed by atoms with van der Waals surface area (Å²) in [7, 11) is 3.51. The average Bonchev–Trinajstić information content (AvgIpc) is 2.74. The van der Waals surface area contributed by atoms with Crippen molar-refractivity contribution in [2.75, 3.05) is 51.9 Å². The van der Waals surface area contributed by atoms with Crippen LogP contribution in [0, 0.1) is 12.8 Å². The van der Waals surface area contributed by atoms with Gasteiger partial charge < -0.3 is 14.4 Å². The fraction of sp³-hybridized carbons (Fsp3) is 0.636. The van der Waals surface area contributed by atoms with Gasteiger partial charge in [0, 0.05) is 44.2 Å². The van der Waals surface area contributed by atoms with Crippen molar-refractivity contribution in [3.05, 3.63) is 23.9 Å². The van der Waals surface area contributed by atoms with E-state index in [4.69, 9.17) is 19.4 Å². The van der Waals surface area contributed by atoms with E-state index in [1.54, 1.807) is 7.11 Å². The minimum atomic E-state index is 0.678. The molecule has 152 valence electrons. The third-order valence-corrected chi connectivity index (χ3v) is 6.30. The Balaban J connectivity index is 1.43. The summed E-state index contributed by atoms with van der Waals surface area (Å²) in [5.74, 6) is 2.39. The fourth-order valence-electron chi connectivity index (χ4n) is 4.75. The molecule has 1 unspecified atom stereocenters. The van der Waals surface area contributed by atoms with Crippen molar-refractivity contribution in [2.24, 2.45) is 5.92 Å². The highest BCUT2D eigenvalue weighted by atomic mass is 16.5. The van der Waals surface area contributed by atoms with Crippen LogP contribution in [0.4, 0.5) is 5.95 Å². The summed E-state index contributed by atoms with van der Waals surface area (Å²) >= 11 is 0. The van der Waals surface area contributed by atoms with E-state index in [2.05, 4.69) is 16.7 Å². The molecule has 0 amide bonds. The van der Waals surface area contributed by atoms with Crippen LogP contribution in [0.1, 0.15) is 31.4 Å². The Morgan fingerprint density at radius 2 is 1.89 bits per heavy atom. The number of anilines is 1. The number of aromatic nitrogens is 2. The molecule has 1 aromatic heterocycles. The maximum Gasteiger partial charge on any atom is 0.226 e. The summed E-state index contributed by atoms with van der Waals surface area (Å²) in [4.78, 5) is 14.7. The van der Waals surface area contributed by atoms with Gasteiger partial charge in [0.1, 0.15) is 5.75 Å². The first-order valence-electron chi connectivity index (χ1n) is 10.5. The Kier molecular flexibility index (Phi) is 5.97. The molecule has 1 atom stereocenters. The van der Waals surface area contributed by atoms with Crippen molar-refractivity contribution >= 4 is 16.9 Å². The van der Waals surface area contributed by atoms with E-state index in [9.17, 15) is 0 Å². The maximum absolute atomic E-state index is 5.39. The monoisotopic (exact) mass is 384 g/mol. The zero-order chi connectivity index (χ0) is 19.5. The molecule has 0 saturated carbocycles. The van der Waals surface area contributed by atoms with Crippen molar-refractivity contribution < 1.29 is 9.47 Å². The van der Waals surface area contributed by atoms with Crippen LogP contribution >= 0.6 is 0 Å². The number of benzene rings is 1. The highest BCUT2D eigenvalue weighted by molar-refractivity contribution is 5.83. The number of aryl methyl sites for hydroxylation is 1. The van der Waals surface area contributed by atoms with Gasteiger partial charge in [-0.2, -0.15) is 0 Å². The lowest BCUT2D eigenvalue weighted by molar-refractivity contribution is 0.0609. The van der Waals surface area contributed by atoms with Crippen molar-refractivity contribution in [1.29, 1.82) is 0 Å². The number of hydrogen-bond acceptors (Lipinski definition) is 6. The second-order valence-electron chi connectivity index (χ2n) is 8.17. The van der Waals surface area contributed by atoms with E-state index in [1.165, 1.54) is 38.8 Å². The molecular weight excluding hydrogens is 352 g/mol. The lowest BCUT2D eigenvalue weighted by Crippen LogP contribution is -2.49. The summed E-state index contributed by atoms with van der Waals surface area (Å²) in [6, 6.07) is 6.70. The first-order valence-corrected chi connectivity index (χ1v) is 10.5. The highest BCUT2D eigenvalue weighted by Crippen LogP contribution is 2.27. The number of hydrogen-bond donors (Lipinski definition) is 0. The number of rotatable bonds is 5. The third kappa shape index (κ3) is 4.08. The highest BCUT2D eigenvalue weighted by Gasteiger charge is 2.29. The molecule has 2 aliphatic rings. The van der Waals surface area contributed by atoms with Gasteiger partial charge in [-0.25, -0.2) is 9.97 Å². The number of piperidine rings is 2. The zero-order valence-electron chi connectivity index (χ0n) is 17.4. The molecule has 0 spiro atoms. The molecule has 0 N–H and O–H groups in total. The van der Waals surface area contributed by atoms with Crippen LogP contribution in [0.2, 0.25) is 0 Å². The maximum atomic E-state index is 5.39. The van der Waals surface area contributed by atoms with Crippen LogP contribution in [0.25, 0.3) is 10.9 Å². The molecule has 4 rings (SSSR count). The minimum Gasteiger partial charge on any atom is -0.497 e. The van der Waals surface area contributed by atoms with Gasteiger partial charge in [0.25, 0.3) is 0 Å². The largest absolute Gasteiger partial charge is 0.497 e. The first-order chi connectivity index (χ1) is 13.7. The lowest BCUT2D eigenvalue weighted by atomic mass is 9.94. The Labute approximate surface area is 167 Å². The average molecular weight is 385 g/mol. The minimum absolute atomic E-state index is 0.678. The summed E-state index contributed by atoms with van der Waals surface area (Å²) in [5, 5.41) is 1.09. The van der Waals surface area contributed by atoms with Crippen LogP contribution < -0.4 is 9.64 Å². The first kappa shape index (κ1) is 19.4. The Morgan fingerprint density at radius 3 is 2.64 bits per heavy atom. The molecule has 0 radical (unpaired) electrons. The van der Waals surface area contributed by atoms with E-state index < -0.39 is 0 Å². The van der Waals surface area contributed by atoms with E-state index in [0.29, 0.717) is 12.0 Å². The number of nitrogens with zero attached hydrogens (tertiary/aromatic N) is 4. The molecule has 3 heterocycles. The van der Waals surface area contributed by atoms with Gasteiger partial charge in [0.2, 0.25) is 5.95 Å².